The molecule has 0 saturated carbocycles. The third kappa shape index (κ3) is 8.78. The molecule has 0 N–H and O–H groups in total. The van der Waals surface area contributed by atoms with E-state index in [4.69, 9.17) is 9.72 Å². The second-order valence-electron chi connectivity index (χ2n) is 23.8. The second-order valence-corrected chi connectivity index (χ2v) is 23.8. The van der Waals surface area contributed by atoms with Crippen molar-refractivity contribution in [3.63, 3.8) is 0 Å². The molecule has 0 radical (unpaired) electrons. The number of rotatable bonds is 6. The molecule has 0 unspecified atom stereocenters. The fraction of sp³-hybridized carbons (Fsp3) is 0.323. The van der Waals surface area contributed by atoms with E-state index in [2.05, 4.69) is 251 Å². The fourth-order valence-electron chi connectivity index (χ4n) is 9.13. The molecule has 0 bridgehead atoms. The van der Waals surface area contributed by atoms with E-state index < -0.39 is 0 Å². The van der Waals surface area contributed by atoms with E-state index in [9.17, 15) is 0 Å². The number of ether oxygens (including phenoxy) is 1. The molecule has 2 aromatic heterocycles. The van der Waals surface area contributed by atoms with Gasteiger partial charge in [-0.05, 0) is 112 Å². The van der Waals surface area contributed by atoms with Crippen LogP contribution in [0.1, 0.15) is 132 Å². The standard InChI is InChI=1S/C62H68N4O/c1-58(2,3)41-20-16-19-40(31-41)50-23-18-24-53-57(50)65(47-33-44(61(10,11)12)32-45(34-47)62(13,14)15)39-64(53)46-21-17-22-48(37-46)67-49-26-28-52-51-27-25-42(59(4,5)6)35-54(51)66(55(52)38-49)56-36-43(29-30-63-56)60(7,8)9/h16-38H,1-15H3/q+2. The van der Waals surface area contributed by atoms with Crippen molar-refractivity contribution in [1.82, 2.24) is 18.7 Å². The van der Waals surface area contributed by atoms with E-state index in [0.29, 0.717) is 0 Å². The van der Waals surface area contributed by atoms with Gasteiger partial charge in [0.25, 0.3) is 5.69 Å². The van der Waals surface area contributed by atoms with E-state index in [1.54, 1.807) is 0 Å². The van der Waals surface area contributed by atoms with Crippen molar-refractivity contribution in [3.8, 4) is 28.4 Å². The number of pyridine rings is 1. The number of benzene rings is 6. The summed E-state index contributed by atoms with van der Waals surface area (Å²) >= 11 is 0. The normalized spacial score (nSPS) is 13.5. The SMILES string of the molecule is CC(C)(C)c1cccc(-c2cccc3c2[N+](c2cc(C(C)(C)C)cc(C(C)(C)C)c2)=C=[N+]3c2cccc(Oc3ccc4c5ccc(C(C)(C)C)cc5n(-c5cc(C(C)(C)C)ccn5)c4c3)c2)c1. The van der Waals surface area contributed by atoms with Gasteiger partial charge >= 0.3 is 11.7 Å². The Balaban J connectivity index is 1.20. The number of para-hydroxylation sites is 1. The first-order valence-electron chi connectivity index (χ1n) is 23.9. The minimum absolute atomic E-state index is 0.00609. The first-order valence-corrected chi connectivity index (χ1v) is 23.9. The van der Waals surface area contributed by atoms with Crippen LogP contribution in [-0.2, 0) is 27.1 Å². The molecule has 0 spiro atoms. The van der Waals surface area contributed by atoms with Gasteiger partial charge in [0, 0.05) is 47.3 Å². The summed E-state index contributed by atoms with van der Waals surface area (Å²) in [5.74, 6) is 2.39. The maximum atomic E-state index is 6.87. The zero-order valence-corrected chi connectivity index (χ0v) is 42.5. The molecular formula is C62H68N4O+2. The lowest BCUT2D eigenvalue weighted by atomic mass is 9.80. The van der Waals surface area contributed by atoms with Crippen molar-refractivity contribution in [2.75, 3.05) is 0 Å². The molecule has 0 saturated heterocycles. The fourth-order valence-corrected chi connectivity index (χ4v) is 9.13. The number of hydrogen-bond donors (Lipinski definition) is 0. The quantitative estimate of drug-likeness (QED) is 0.156. The summed E-state index contributed by atoms with van der Waals surface area (Å²) in [5.41, 5.74) is 15.0. The first kappa shape index (κ1) is 45.6. The molecule has 9 rings (SSSR count). The predicted molar refractivity (Wildman–Crippen MR) is 285 cm³/mol. The Morgan fingerprint density at radius 1 is 0.448 bits per heavy atom. The highest BCUT2D eigenvalue weighted by molar-refractivity contribution is 6.09. The predicted octanol–water partition coefficient (Wildman–Crippen LogP) is 17.0. The number of nitrogens with zero attached hydrogens (tertiary/aromatic N) is 4. The second kappa shape index (κ2) is 16.1. The lowest BCUT2D eigenvalue weighted by molar-refractivity contribution is 0.483. The molecule has 6 aromatic carbocycles. The zero-order valence-electron chi connectivity index (χ0n) is 42.5. The number of hydrogen-bond acceptors (Lipinski definition) is 2. The summed E-state index contributed by atoms with van der Waals surface area (Å²) in [6, 6.07) is 52.7. The van der Waals surface area contributed by atoms with Gasteiger partial charge in [-0.3, -0.25) is 4.57 Å². The van der Waals surface area contributed by atoms with E-state index in [1.165, 1.54) is 38.8 Å². The van der Waals surface area contributed by atoms with Crippen molar-refractivity contribution in [3.05, 3.63) is 167 Å². The molecule has 5 nitrogen and oxygen atoms in total. The first-order chi connectivity index (χ1) is 31.3. The van der Waals surface area contributed by atoms with Gasteiger partial charge in [-0.1, -0.05) is 158 Å². The summed E-state index contributed by atoms with van der Waals surface area (Å²) in [5, 5.41) is 2.35. The molecule has 3 heterocycles. The monoisotopic (exact) mass is 885 g/mol. The van der Waals surface area contributed by atoms with Crippen molar-refractivity contribution in [2.24, 2.45) is 0 Å². The van der Waals surface area contributed by atoms with Crippen molar-refractivity contribution in [2.45, 2.75) is 131 Å². The summed E-state index contributed by atoms with van der Waals surface area (Å²) in [7, 11) is 0. The Hall–Kier alpha value is -6.55. The third-order valence-corrected chi connectivity index (χ3v) is 13.4. The van der Waals surface area contributed by atoms with Crippen LogP contribution >= 0.6 is 0 Å². The minimum atomic E-state index is -0.0514. The minimum Gasteiger partial charge on any atom is -0.457 e. The van der Waals surface area contributed by atoms with Gasteiger partial charge < -0.3 is 4.74 Å². The van der Waals surface area contributed by atoms with Crippen LogP contribution in [0.25, 0.3) is 38.8 Å². The molecule has 1 aliphatic rings. The number of fused-ring (bicyclic) bond motifs is 4. The van der Waals surface area contributed by atoms with Crippen molar-refractivity contribution in [1.29, 1.82) is 0 Å². The average molecular weight is 885 g/mol. The molecule has 8 aromatic rings. The lowest BCUT2D eigenvalue weighted by Gasteiger charge is -2.24. The van der Waals surface area contributed by atoms with E-state index in [-0.39, 0.29) is 27.1 Å². The molecule has 0 amide bonds. The van der Waals surface area contributed by atoms with Gasteiger partial charge in [-0.2, -0.15) is 0 Å². The van der Waals surface area contributed by atoms with Crippen LogP contribution in [0.2, 0.25) is 0 Å². The van der Waals surface area contributed by atoms with Gasteiger partial charge in [0.05, 0.1) is 22.7 Å². The summed E-state index contributed by atoms with van der Waals surface area (Å²) in [4.78, 5) is 4.98. The average Bonchev–Trinajstić information content (AvgIpc) is 3.81. The highest BCUT2D eigenvalue weighted by Crippen LogP contribution is 2.46. The van der Waals surface area contributed by atoms with E-state index >= 15 is 0 Å². The van der Waals surface area contributed by atoms with Crippen LogP contribution in [0.4, 0.5) is 22.7 Å². The molecule has 340 valence electrons. The van der Waals surface area contributed by atoms with Crippen molar-refractivity contribution < 1.29 is 4.74 Å². The molecule has 67 heavy (non-hydrogen) atoms. The van der Waals surface area contributed by atoms with Crippen LogP contribution in [0.5, 0.6) is 11.5 Å². The highest BCUT2D eigenvalue weighted by Gasteiger charge is 2.41. The maximum absolute atomic E-state index is 6.87. The summed E-state index contributed by atoms with van der Waals surface area (Å²) in [6.07, 6.45) is 1.94. The Kier molecular flexibility index (Phi) is 10.9. The number of aromatic nitrogens is 2. The maximum Gasteiger partial charge on any atom is 0.503 e. The molecule has 5 heteroatoms. The van der Waals surface area contributed by atoms with Crippen LogP contribution in [0.15, 0.2) is 140 Å². The van der Waals surface area contributed by atoms with Crippen LogP contribution < -0.4 is 13.9 Å². The topological polar surface area (TPSA) is 33.1 Å². The van der Waals surface area contributed by atoms with Gasteiger partial charge in [0.2, 0.25) is 11.4 Å². The summed E-state index contributed by atoms with van der Waals surface area (Å²) < 4.78 is 13.7. The molecular weight excluding hydrogens is 817 g/mol. The van der Waals surface area contributed by atoms with E-state index in [1.807, 2.05) is 12.3 Å². The van der Waals surface area contributed by atoms with Crippen LogP contribution in [0.3, 0.4) is 0 Å². The largest absolute Gasteiger partial charge is 0.503 e. The van der Waals surface area contributed by atoms with Gasteiger partial charge in [-0.25, -0.2) is 4.98 Å². The Labute approximate surface area is 399 Å². The Morgan fingerprint density at radius 2 is 1.01 bits per heavy atom. The lowest BCUT2D eigenvalue weighted by Crippen LogP contribution is -2.17. The molecule has 0 fully saturated rings. The highest BCUT2D eigenvalue weighted by atomic mass is 16.5. The Bertz CT molecular complexity index is 3290. The molecule has 1 aliphatic heterocycles. The molecule has 0 aliphatic carbocycles. The van der Waals surface area contributed by atoms with E-state index in [0.717, 1.165) is 62.0 Å². The third-order valence-electron chi connectivity index (χ3n) is 13.4. The van der Waals surface area contributed by atoms with Crippen LogP contribution in [-0.4, -0.2) is 15.6 Å². The van der Waals surface area contributed by atoms with Gasteiger partial charge in [0.1, 0.15) is 17.3 Å². The zero-order chi connectivity index (χ0) is 48.0. The summed E-state index contributed by atoms with van der Waals surface area (Å²) in [6.45, 7) is 34.2. The Morgan fingerprint density at radius 3 is 1.67 bits per heavy atom. The smallest absolute Gasteiger partial charge is 0.457 e. The van der Waals surface area contributed by atoms with Crippen LogP contribution in [0, 0.1) is 0 Å². The van der Waals surface area contributed by atoms with Gasteiger partial charge in [0.15, 0.2) is 0 Å². The van der Waals surface area contributed by atoms with Crippen molar-refractivity contribution >= 4 is 50.6 Å². The van der Waals surface area contributed by atoms with Gasteiger partial charge in [-0.15, -0.1) is 0 Å². The molecule has 0 atom stereocenters.